The number of methoxy groups -OCH3 is 1. The van der Waals surface area contributed by atoms with Gasteiger partial charge in [-0.1, -0.05) is 15.9 Å². The summed E-state index contributed by atoms with van der Waals surface area (Å²) in [4.78, 5) is 25.3. The number of aromatic nitrogens is 3. The standard InChI is InChI=1S/C15H11N5O7/c1-26-11-4-2-3-8-12(11)7(6-16-8)13-9(18(21)22)5-10(19(23)24)14-15(13)20(25)27-17-14/h2-6,13,16-17H,1H3. The maximum absolute atomic E-state index is 12.2. The first-order valence-corrected chi connectivity index (χ1v) is 7.60. The summed E-state index contributed by atoms with van der Waals surface area (Å²) in [5.41, 5.74) is -0.674. The summed E-state index contributed by atoms with van der Waals surface area (Å²) in [6, 6.07) is 5.14. The Kier molecular flexibility index (Phi) is 3.47. The molecule has 12 heteroatoms. The van der Waals surface area contributed by atoms with Crippen molar-refractivity contribution < 1.29 is 23.8 Å². The number of nitrogens with one attached hydrogen (secondary N) is 2. The fourth-order valence-corrected chi connectivity index (χ4v) is 3.33. The molecule has 138 valence electrons. The van der Waals surface area contributed by atoms with Crippen LogP contribution in [0.5, 0.6) is 5.75 Å². The molecule has 0 radical (unpaired) electrons. The van der Waals surface area contributed by atoms with Crippen molar-refractivity contribution in [2.24, 2.45) is 0 Å². The van der Waals surface area contributed by atoms with Gasteiger partial charge in [0.05, 0.1) is 18.1 Å². The SMILES string of the molecule is COc1cccc2[nH]cc(C3C([N+](=O)[O-])=CC(=[N+]([O-])[O-])c4[nH]o[n+](=O)c43)c12. The van der Waals surface area contributed by atoms with Gasteiger partial charge in [-0.3, -0.25) is 10.1 Å². The minimum absolute atomic E-state index is 0.00818. The largest absolute Gasteiger partial charge is 0.612 e. The topological polar surface area (TPSA) is 169 Å². The Labute approximate surface area is 148 Å². The Morgan fingerprint density at radius 1 is 1.30 bits per heavy atom. The molecule has 27 heavy (non-hydrogen) atoms. The molecule has 12 nitrogen and oxygen atoms in total. The Bertz CT molecular complexity index is 1190. The van der Waals surface area contributed by atoms with Crippen LogP contribution in [0.2, 0.25) is 0 Å². The molecular formula is C15H11N5O7. The lowest BCUT2D eigenvalue weighted by Crippen LogP contribution is -2.30. The summed E-state index contributed by atoms with van der Waals surface area (Å²) in [5, 5.41) is 37.0. The van der Waals surface area contributed by atoms with Crippen molar-refractivity contribution in [2.75, 3.05) is 7.11 Å². The third kappa shape index (κ3) is 2.27. The lowest BCUT2D eigenvalue weighted by molar-refractivity contribution is -0.720. The van der Waals surface area contributed by atoms with Crippen LogP contribution < -0.4 is 9.34 Å². The molecule has 1 aliphatic carbocycles. The average molecular weight is 373 g/mol. The van der Waals surface area contributed by atoms with Crippen LogP contribution in [0.3, 0.4) is 0 Å². The zero-order valence-corrected chi connectivity index (χ0v) is 13.7. The first-order valence-electron chi connectivity index (χ1n) is 7.60. The molecule has 1 unspecified atom stereocenters. The Balaban J connectivity index is 2.09. The highest BCUT2D eigenvalue weighted by molar-refractivity contribution is 6.06. The number of nitro groups is 1. The minimum Gasteiger partial charge on any atom is -0.612 e. The summed E-state index contributed by atoms with van der Waals surface area (Å²) in [7, 11) is 1.44. The molecule has 2 aromatic heterocycles. The van der Waals surface area contributed by atoms with E-state index in [2.05, 4.69) is 14.8 Å². The van der Waals surface area contributed by atoms with Crippen LogP contribution >= 0.6 is 0 Å². The van der Waals surface area contributed by atoms with E-state index in [0.717, 1.165) is 6.08 Å². The van der Waals surface area contributed by atoms with E-state index >= 15 is 0 Å². The second kappa shape index (κ2) is 5.72. The van der Waals surface area contributed by atoms with Gasteiger partial charge < -0.3 is 20.1 Å². The van der Waals surface area contributed by atoms with Gasteiger partial charge in [-0.15, -0.1) is 0 Å². The van der Waals surface area contributed by atoms with Crippen molar-refractivity contribution in [1.29, 1.82) is 0 Å². The number of benzene rings is 1. The van der Waals surface area contributed by atoms with E-state index in [1.165, 1.54) is 13.3 Å². The average Bonchev–Trinajstić information content (AvgIpc) is 3.24. The van der Waals surface area contributed by atoms with Crippen LogP contribution in [0.4, 0.5) is 0 Å². The molecule has 0 aliphatic heterocycles. The number of H-pyrrole nitrogens is 2. The molecule has 2 N–H and O–H groups in total. The van der Waals surface area contributed by atoms with Crippen LogP contribution in [0.15, 0.2) is 40.8 Å². The molecule has 0 saturated carbocycles. The summed E-state index contributed by atoms with van der Waals surface area (Å²) < 4.78 is 9.98. The molecule has 1 aliphatic rings. The minimum atomic E-state index is -1.21. The van der Waals surface area contributed by atoms with Gasteiger partial charge in [0.1, 0.15) is 5.75 Å². The van der Waals surface area contributed by atoms with Crippen LogP contribution in [-0.2, 0) is 0 Å². The highest BCUT2D eigenvalue weighted by atomic mass is 16.8. The van der Waals surface area contributed by atoms with Gasteiger partial charge in [0, 0.05) is 22.7 Å². The number of hydrogen-bond acceptors (Lipinski definition) is 7. The third-order valence-electron chi connectivity index (χ3n) is 4.43. The monoisotopic (exact) mass is 373 g/mol. The number of nitrogens with zero attached hydrogens (tertiary/aromatic N) is 3. The third-order valence-corrected chi connectivity index (χ3v) is 4.43. The lowest BCUT2D eigenvalue weighted by Gasteiger charge is -2.15. The van der Waals surface area contributed by atoms with E-state index < -0.39 is 27.2 Å². The number of aromatic amines is 2. The van der Waals surface area contributed by atoms with Crippen molar-refractivity contribution in [3.8, 4) is 5.75 Å². The lowest BCUT2D eigenvalue weighted by atomic mass is 9.85. The van der Waals surface area contributed by atoms with Gasteiger partial charge >= 0.3 is 0 Å². The molecule has 4 rings (SSSR count). The fraction of sp³-hybridized carbons (Fsp3) is 0.133. The first-order chi connectivity index (χ1) is 12.9. The highest BCUT2D eigenvalue weighted by Crippen LogP contribution is 2.41. The molecule has 2 heterocycles. The predicted octanol–water partition coefficient (Wildman–Crippen LogP) is 1.12. The molecule has 0 bridgehead atoms. The van der Waals surface area contributed by atoms with E-state index in [4.69, 9.17) is 4.74 Å². The van der Waals surface area contributed by atoms with Gasteiger partial charge in [0.15, 0.2) is 10.5 Å². The van der Waals surface area contributed by atoms with Gasteiger partial charge in [-0.05, 0) is 17.0 Å². The highest BCUT2D eigenvalue weighted by Gasteiger charge is 2.48. The molecule has 0 fully saturated rings. The van der Waals surface area contributed by atoms with Crippen molar-refractivity contribution in [3.63, 3.8) is 0 Å². The fourth-order valence-electron chi connectivity index (χ4n) is 3.33. The number of allylic oxidation sites excluding steroid dienone is 2. The number of fused-ring (bicyclic) bond motifs is 2. The van der Waals surface area contributed by atoms with E-state index in [1.807, 2.05) is 0 Å². The second-order valence-corrected chi connectivity index (χ2v) is 5.74. The summed E-state index contributed by atoms with van der Waals surface area (Å²) in [6.07, 6.45) is 2.33. The summed E-state index contributed by atoms with van der Waals surface area (Å²) in [5.74, 6) is -0.779. The van der Waals surface area contributed by atoms with Gasteiger partial charge in [0.25, 0.3) is 22.8 Å². The summed E-state index contributed by atoms with van der Waals surface area (Å²) in [6.45, 7) is 0. The molecule has 0 saturated heterocycles. The zero-order chi connectivity index (χ0) is 19.3. The van der Waals surface area contributed by atoms with Gasteiger partial charge in [-0.2, -0.15) is 4.90 Å². The van der Waals surface area contributed by atoms with E-state index in [9.17, 15) is 25.4 Å². The van der Waals surface area contributed by atoms with E-state index in [-0.39, 0.29) is 16.0 Å². The van der Waals surface area contributed by atoms with Crippen LogP contribution in [0.1, 0.15) is 22.9 Å². The van der Waals surface area contributed by atoms with Crippen molar-refractivity contribution in [1.82, 2.24) is 10.1 Å². The van der Waals surface area contributed by atoms with Crippen molar-refractivity contribution in [2.45, 2.75) is 5.92 Å². The van der Waals surface area contributed by atoms with E-state index in [1.54, 1.807) is 18.2 Å². The Morgan fingerprint density at radius 2 is 2.07 bits per heavy atom. The van der Waals surface area contributed by atoms with Crippen LogP contribution in [-0.4, -0.2) is 32.8 Å². The van der Waals surface area contributed by atoms with Crippen LogP contribution in [0, 0.1) is 25.4 Å². The Hall–Kier alpha value is -4.09. The maximum atomic E-state index is 12.2. The number of ether oxygens (including phenoxy) is 1. The molecular weight excluding hydrogens is 362 g/mol. The summed E-state index contributed by atoms with van der Waals surface area (Å²) >= 11 is 0. The van der Waals surface area contributed by atoms with Gasteiger partial charge in [-0.25, -0.2) is 0 Å². The first kappa shape index (κ1) is 16.4. The number of rotatable bonds is 3. The molecule has 0 amide bonds. The van der Waals surface area contributed by atoms with Crippen molar-refractivity contribution >= 4 is 16.6 Å². The molecule has 1 atom stereocenters. The van der Waals surface area contributed by atoms with Crippen molar-refractivity contribution in [3.05, 3.63) is 78.6 Å². The Morgan fingerprint density at radius 3 is 2.74 bits per heavy atom. The molecule has 3 aromatic rings. The second-order valence-electron chi connectivity index (χ2n) is 5.74. The normalized spacial score (nSPS) is 16.1. The zero-order valence-electron chi connectivity index (χ0n) is 13.7. The van der Waals surface area contributed by atoms with E-state index in [0.29, 0.717) is 22.2 Å². The van der Waals surface area contributed by atoms with Crippen LogP contribution in [0.25, 0.3) is 10.9 Å². The quantitative estimate of drug-likeness (QED) is 0.393. The van der Waals surface area contributed by atoms with Gasteiger partial charge in [0.2, 0.25) is 0 Å². The maximum Gasteiger partial charge on any atom is 0.289 e. The number of hydrogen-bond donors (Lipinski definition) is 2. The molecule has 0 spiro atoms. The predicted molar refractivity (Wildman–Crippen MR) is 89.3 cm³/mol. The molecule has 1 aromatic carbocycles. The smallest absolute Gasteiger partial charge is 0.289 e.